The highest BCUT2D eigenvalue weighted by atomic mass is 16.4. The SMILES string of the molecule is C/C(=C/CNCc1ccncn1)C(=O)O. The molecule has 0 aliphatic carbocycles. The zero-order valence-electron chi connectivity index (χ0n) is 8.47. The lowest BCUT2D eigenvalue weighted by molar-refractivity contribution is -0.132. The number of hydrogen-bond donors (Lipinski definition) is 2. The summed E-state index contributed by atoms with van der Waals surface area (Å²) in [7, 11) is 0. The van der Waals surface area contributed by atoms with Gasteiger partial charge in [0.25, 0.3) is 0 Å². The van der Waals surface area contributed by atoms with Gasteiger partial charge >= 0.3 is 5.97 Å². The molecule has 0 spiro atoms. The van der Waals surface area contributed by atoms with Gasteiger partial charge < -0.3 is 10.4 Å². The van der Waals surface area contributed by atoms with Crippen LogP contribution in [-0.2, 0) is 11.3 Å². The molecular formula is C10H13N3O2. The molecule has 2 N–H and O–H groups in total. The minimum Gasteiger partial charge on any atom is -0.478 e. The van der Waals surface area contributed by atoms with Crippen LogP contribution in [0.3, 0.4) is 0 Å². The first-order valence-corrected chi connectivity index (χ1v) is 4.56. The van der Waals surface area contributed by atoms with Gasteiger partial charge in [-0.3, -0.25) is 0 Å². The Bertz CT molecular complexity index is 349. The Morgan fingerprint density at radius 1 is 1.67 bits per heavy atom. The van der Waals surface area contributed by atoms with E-state index in [1.807, 2.05) is 0 Å². The Morgan fingerprint density at radius 2 is 2.47 bits per heavy atom. The van der Waals surface area contributed by atoms with E-state index in [9.17, 15) is 4.79 Å². The van der Waals surface area contributed by atoms with Crippen molar-refractivity contribution in [3.8, 4) is 0 Å². The van der Waals surface area contributed by atoms with E-state index < -0.39 is 5.97 Å². The van der Waals surface area contributed by atoms with Gasteiger partial charge in [0.15, 0.2) is 0 Å². The van der Waals surface area contributed by atoms with Gasteiger partial charge in [-0.2, -0.15) is 0 Å². The maximum absolute atomic E-state index is 10.4. The van der Waals surface area contributed by atoms with E-state index in [0.29, 0.717) is 18.7 Å². The average molecular weight is 207 g/mol. The number of aliphatic carboxylic acids is 1. The second-order valence-corrected chi connectivity index (χ2v) is 3.02. The van der Waals surface area contributed by atoms with Crippen molar-refractivity contribution in [2.24, 2.45) is 0 Å². The molecule has 0 bridgehead atoms. The molecule has 5 heteroatoms. The van der Waals surface area contributed by atoms with Gasteiger partial charge in [-0.15, -0.1) is 0 Å². The van der Waals surface area contributed by atoms with E-state index >= 15 is 0 Å². The van der Waals surface area contributed by atoms with Crippen molar-refractivity contribution in [2.45, 2.75) is 13.5 Å². The molecule has 1 rings (SSSR count). The zero-order valence-corrected chi connectivity index (χ0v) is 8.47. The van der Waals surface area contributed by atoms with E-state index in [1.165, 1.54) is 6.33 Å². The van der Waals surface area contributed by atoms with Crippen LogP contribution in [0.5, 0.6) is 0 Å². The van der Waals surface area contributed by atoms with Crippen molar-refractivity contribution in [3.63, 3.8) is 0 Å². The Balaban J connectivity index is 2.29. The molecular weight excluding hydrogens is 194 g/mol. The lowest BCUT2D eigenvalue weighted by Gasteiger charge is -2.00. The van der Waals surface area contributed by atoms with Crippen LogP contribution in [0.15, 0.2) is 30.2 Å². The zero-order chi connectivity index (χ0) is 11.1. The van der Waals surface area contributed by atoms with Crippen LogP contribution >= 0.6 is 0 Å². The molecule has 0 radical (unpaired) electrons. The maximum atomic E-state index is 10.4. The number of hydrogen-bond acceptors (Lipinski definition) is 4. The van der Waals surface area contributed by atoms with Gasteiger partial charge in [-0.25, -0.2) is 14.8 Å². The third-order valence-electron chi connectivity index (χ3n) is 1.84. The molecule has 0 unspecified atom stereocenters. The van der Waals surface area contributed by atoms with Gasteiger partial charge in [0.2, 0.25) is 0 Å². The molecule has 1 aromatic rings. The summed E-state index contributed by atoms with van der Waals surface area (Å²) in [5.74, 6) is -0.890. The number of aromatic nitrogens is 2. The summed E-state index contributed by atoms with van der Waals surface area (Å²) in [5, 5.41) is 11.6. The summed E-state index contributed by atoms with van der Waals surface area (Å²) in [6.07, 6.45) is 4.78. The smallest absolute Gasteiger partial charge is 0.330 e. The van der Waals surface area contributed by atoms with Crippen molar-refractivity contribution in [1.82, 2.24) is 15.3 Å². The number of carboxylic acid groups (broad SMARTS) is 1. The second-order valence-electron chi connectivity index (χ2n) is 3.02. The molecule has 0 amide bonds. The van der Waals surface area contributed by atoms with E-state index in [0.717, 1.165) is 5.69 Å². The van der Waals surface area contributed by atoms with Crippen LogP contribution in [0.2, 0.25) is 0 Å². The third-order valence-corrected chi connectivity index (χ3v) is 1.84. The van der Waals surface area contributed by atoms with E-state index in [2.05, 4.69) is 15.3 Å². The Morgan fingerprint density at radius 3 is 3.07 bits per heavy atom. The molecule has 0 aliphatic rings. The van der Waals surface area contributed by atoms with Crippen molar-refractivity contribution >= 4 is 5.97 Å². The van der Waals surface area contributed by atoms with Gasteiger partial charge in [0.1, 0.15) is 6.33 Å². The normalized spacial score (nSPS) is 11.4. The molecule has 5 nitrogen and oxygen atoms in total. The van der Waals surface area contributed by atoms with Gasteiger partial charge in [0, 0.05) is 24.9 Å². The number of carbonyl (C=O) groups is 1. The third kappa shape index (κ3) is 4.33. The summed E-state index contributed by atoms with van der Waals surface area (Å²) < 4.78 is 0. The number of nitrogens with one attached hydrogen (secondary N) is 1. The minimum atomic E-state index is -0.890. The average Bonchev–Trinajstić information content (AvgIpc) is 2.25. The minimum absolute atomic E-state index is 0.338. The summed E-state index contributed by atoms with van der Waals surface area (Å²) in [6, 6.07) is 1.81. The summed E-state index contributed by atoms with van der Waals surface area (Å²) in [4.78, 5) is 18.3. The topological polar surface area (TPSA) is 75.1 Å². The molecule has 0 fully saturated rings. The van der Waals surface area contributed by atoms with E-state index in [4.69, 9.17) is 5.11 Å². The summed E-state index contributed by atoms with van der Waals surface area (Å²) >= 11 is 0. The molecule has 0 saturated carbocycles. The highest BCUT2D eigenvalue weighted by Crippen LogP contribution is 1.92. The van der Waals surface area contributed by atoms with Crippen molar-refractivity contribution in [3.05, 3.63) is 35.9 Å². The first-order chi connectivity index (χ1) is 7.20. The summed E-state index contributed by atoms with van der Waals surface area (Å²) in [6.45, 7) is 2.68. The maximum Gasteiger partial charge on any atom is 0.330 e. The fourth-order valence-corrected chi connectivity index (χ4v) is 0.935. The molecule has 0 saturated heterocycles. The largest absolute Gasteiger partial charge is 0.478 e. The first kappa shape index (κ1) is 11.3. The number of carboxylic acids is 1. The van der Waals surface area contributed by atoms with Gasteiger partial charge in [-0.1, -0.05) is 6.08 Å². The van der Waals surface area contributed by atoms with Crippen LogP contribution < -0.4 is 5.32 Å². The van der Waals surface area contributed by atoms with E-state index in [1.54, 1.807) is 25.3 Å². The Hall–Kier alpha value is -1.75. The molecule has 0 atom stereocenters. The highest BCUT2D eigenvalue weighted by Gasteiger charge is 1.97. The Kier molecular flexibility index (Phi) is 4.43. The van der Waals surface area contributed by atoms with Crippen LogP contribution in [0, 0.1) is 0 Å². The van der Waals surface area contributed by atoms with E-state index in [-0.39, 0.29) is 0 Å². The molecule has 1 heterocycles. The van der Waals surface area contributed by atoms with Crippen LogP contribution in [0.4, 0.5) is 0 Å². The van der Waals surface area contributed by atoms with Crippen molar-refractivity contribution in [2.75, 3.05) is 6.54 Å². The number of rotatable bonds is 5. The predicted octanol–water partition coefficient (Wildman–Crippen LogP) is 0.597. The lowest BCUT2D eigenvalue weighted by Crippen LogP contribution is -2.15. The van der Waals surface area contributed by atoms with Crippen molar-refractivity contribution in [1.29, 1.82) is 0 Å². The molecule has 80 valence electrons. The quantitative estimate of drug-likeness (QED) is 0.546. The van der Waals surface area contributed by atoms with Gasteiger partial charge in [0.05, 0.1) is 5.69 Å². The van der Waals surface area contributed by atoms with Crippen molar-refractivity contribution < 1.29 is 9.90 Å². The fraction of sp³-hybridized carbons (Fsp3) is 0.300. The molecule has 0 aromatic carbocycles. The lowest BCUT2D eigenvalue weighted by atomic mass is 10.3. The predicted molar refractivity (Wildman–Crippen MR) is 55.1 cm³/mol. The summed E-state index contributed by atoms with van der Waals surface area (Å²) in [5.41, 5.74) is 1.22. The van der Waals surface area contributed by atoms with Crippen LogP contribution in [-0.4, -0.2) is 27.6 Å². The monoisotopic (exact) mass is 207 g/mol. The van der Waals surface area contributed by atoms with Gasteiger partial charge in [-0.05, 0) is 13.0 Å². The number of nitrogens with zero attached hydrogens (tertiary/aromatic N) is 2. The second kappa shape index (κ2) is 5.87. The molecule has 0 aliphatic heterocycles. The van der Waals surface area contributed by atoms with Crippen LogP contribution in [0.1, 0.15) is 12.6 Å². The van der Waals surface area contributed by atoms with Crippen LogP contribution in [0.25, 0.3) is 0 Å². The fourth-order valence-electron chi connectivity index (χ4n) is 0.935. The highest BCUT2D eigenvalue weighted by molar-refractivity contribution is 5.85. The molecule has 15 heavy (non-hydrogen) atoms. The first-order valence-electron chi connectivity index (χ1n) is 4.56. The standard InChI is InChI=1S/C10H13N3O2/c1-8(10(14)15)2-4-11-6-9-3-5-12-7-13-9/h2-3,5,7,11H,4,6H2,1H3,(H,14,15)/b8-2-. The molecule has 1 aromatic heterocycles. The Labute approximate surface area is 87.9 Å².